The van der Waals surface area contributed by atoms with E-state index in [2.05, 4.69) is 15.3 Å². The van der Waals surface area contributed by atoms with Gasteiger partial charge in [-0.15, -0.1) is 10.2 Å². The molecule has 0 radical (unpaired) electrons. The van der Waals surface area contributed by atoms with Crippen LogP contribution in [0.3, 0.4) is 0 Å². The van der Waals surface area contributed by atoms with Crippen LogP contribution in [-0.2, 0) is 4.79 Å². The number of carbonyl (C=O) groups is 1. The van der Waals surface area contributed by atoms with Crippen molar-refractivity contribution in [2.75, 3.05) is 13.7 Å². The Morgan fingerprint density at radius 3 is 2.86 bits per heavy atom. The van der Waals surface area contributed by atoms with Crippen molar-refractivity contribution in [1.82, 2.24) is 19.8 Å². The number of carboxylic acids is 1. The summed E-state index contributed by atoms with van der Waals surface area (Å²) in [6, 6.07) is 5.20. The summed E-state index contributed by atoms with van der Waals surface area (Å²) in [7, 11) is 1.50. The van der Waals surface area contributed by atoms with Gasteiger partial charge in [0.2, 0.25) is 4.96 Å². The fourth-order valence-electron chi connectivity index (χ4n) is 1.89. The Morgan fingerprint density at radius 1 is 1.36 bits per heavy atom. The van der Waals surface area contributed by atoms with Gasteiger partial charge in [0.05, 0.1) is 7.11 Å². The maximum absolute atomic E-state index is 10.6. The molecule has 1 aromatic carbocycles. The van der Waals surface area contributed by atoms with Crippen molar-refractivity contribution < 1.29 is 19.4 Å². The van der Waals surface area contributed by atoms with Crippen LogP contribution in [0, 0.1) is 6.92 Å². The Bertz CT molecular complexity index is 842. The Morgan fingerprint density at radius 2 is 2.18 bits per heavy atom. The molecule has 0 aliphatic rings. The van der Waals surface area contributed by atoms with Gasteiger partial charge in [-0.05, 0) is 25.1 Å². The first-order valence-corrected chi connectivity index (χ1v) is 7.12. The van der Waals surface area contributed by atoms with Gasteiger partial charge in [0, 0.05) is 5.56 Å². The first-order chi connectivity index (χ1) is 10.6. The summed E-state index contributed by atoms with van der Waals surface area (Å²) in [6.45, 7) is 1.40. The van der Waals surface area contributed by atoms with E-state index in [9.17, 15) is 4.79 Å². The molecule has 0 saturated heterocycles. The molecule has 0 fully saturated rings. The molecular formula is C13H12N4O4S. The number of carboxylic acid groups (broad SMARTS) is 1. The van der Waals surface area contributed by atoms with Crippen molar-refractivity contribution >= 4 is 22.3 Å². The van der Waals surface area contributed by atoms with Crippen molar-refractivity contribution in [3.63, 3.8) is 0 Å². The summed E-state index contributed by atoms with van der Waals surface area (Å²) in [5, 5.41) is 21.8. The smallest absolute Gasteiger partial charge is 0.341 e. The zero-order chi connectivity index (χ0) is 15.7. The molecule has 3 aromatic rings. The number of fused-ring (bicyclic) bond motifs is 1. The Balaban J connectivity index is 1.95. The number of hydrogen-bond acceptors (Lipinski definition) is 7. The molecule has 0 amide bonds. The third-order valence-corrected chi connectivity index (χ3v) is 3.86. The molecule has 1 N–H and O–H groups in total. The molecule has 0 spiro atoms. The lowest BCUT2D eigenvalue weighted by molar-refractivity contribution is -0.139. The highest BCUT2D eigenvalue weighted by molar-refractivity contribution is 7.19. The van der Waals surface area contributed by atoms with Gasteiger partial charge in [-0.3, -0.25) is 0 Å². The summed E-state index contributed by atoms with van der Waals surface area (Å²) in [5.41, 5.74) is 0.828. The van der Waals surface area contributed by atoms with Crippen molar-refractivity contribution in [2.24, 2.45) is 0 Å². The number of rotatable bonds is 5. The predicted molar refractivity (Wildman–Crippen MR) is 78.5 cm³/mol. The highest BCUT2D eigenvalue weighted by Gasteiger charge is 2.13. The van der Waals surface area contributed by atoms with Crippen molar-refractivity contribution in [3.8, 4) is 22.1 Å². The highest BCUT2D eigenvalue weighted by atomic mass is 32.1. The van der Waals surface area contributed by atoms with E-state index in [1.54, 1.807) is 22.7 Å². The molecule has 0 saturated carbocycles. The van der Waals surface area contributed by atoms with Gasteiger partial charge in [-0.2, -0.15) is 9.61 Å². The molecule has 0 unspecified atom stereocenters. The van der Waals surface area contributed by atoms with E-state index < -0.39 is 12.6 Å². The number of aromatic nitrogens is 4. The van der Waals surface area contributed by atoms with Gasteiger partial charge in [-0.25, -0.2) is 4.79 Å². The first-order valence-electron chi connectivity index (χ1n) is 6.30. The number of hydrogen-bond donors (Lipinski definition) is 1. The van der Waals surface area contributed by atoms with E-state index in [1.807, 2.05) is 6.92 Å². The predicted octanol–water partition coefficient (Wildman–Crippen LogP) is 1.63. The summed E-state index contributed by atoms with van der Waals surface area (Å²) < 4.78 is 12.1. The molecule has 0 aliphatic carbocycles. The molecular weight excluding hydrogens is 308 g/mol. The van der Waals surface area contributed by atoms with Crippen LogP contribution >= 0.6 is 11.3 Å². The van der Waals surface area contributed by atoms with Crippen LogP contribution in [-0.4, -0.2) is 44.6 Å². The van der Waals surface area contributed by atoms with E-state index in [-0.39, 0.29) is 0 Å². The van der Waals surface area contributed by atoms with Gasteiger partial charge in [0.1, 0.15) is 5.01 Å². The second-order valence-corrected chi connectivity index (χ2v) is 5.35. The van der Waals surface area contributed by atoms with Crippen LogP contribution in [0.5, 0.6) is 11.5 Å². The fraction of sp³-hybridized carbons (Fsp3) is 0.231. The third kappa shape index (κ3) is 2.58. The van der Waals surface area contributed by atoms with Gasteiger partial charge in [0.25, 0.3) is 0 Å². The minimum absolute atomic E-state index is 0.368. The SMILES string of the molecule is COc1cc(-c2nn3c(C)nnc3s2)ccc1OCC(=O)O. The van der Waals surface area contributed by atoms with Crippen LogP contribution in [0.25, 0.3) is 15.5 Å². The molecule has 0 atom stereocenters. The van der Waals surface area contributed by atoms with E-state index in [4.69, 9.17) is 14.6 Å². The number of nitrogens with zero attached hydrogens (tertiary/aromatic N) is 4. The second-order valence-electron chi connectivity index (χ2n) is 4.40. The van der Waals surface area contributed by atoms with Gasteiger partial charge < -0.3 is 14.6 Å². The number of ether oxygens (including phenoxy) is 2. The molecule has 9 heteroatoms. The van der Waals surface area contributed by atoms with Crippen LogP contribution in [0.1, 0.15) is 5.82 Å². The minimum atomic E-state index is -1.05. The summed E-state index contributed by atoms with van der Waals surface area (Å²) in [6.07, 6.45) is 0. The van der Waals surface area contributed by atoms with Crippen LogP contribution < -0.4 is 9.47 Å². The molecule has 8 nitrogen and oxygen atoms in total. The standard InChI is InChI=1S/C13H12N4O4S/c1-7-14-15-13-17(7)16-12(22-13)8-3-4-9(10(5-8)20-2)21-6-11(18)19/h3-5H,6H2,1-2H3,(H,18,19). The van der Waals surface area contributed by atoms with E-state index in [1.165, 1.54) is 18.4 Å². The Hall–Kier alpha value is -2.68. The van der Waals surface area contributed by atoms with E-state index in [0.29, 0.717) is 22.3 Å². The molecule has 2 heterocycles. The zero-order valence-corrected chi connectivity index (χ0v) is 12.6. The van der Waals surface area contributed by atoms with Crippen molar-refractivity contribution in [1.29, 1.82) is 0 Å². The number of methoxy groups -OCH3 is 1. The quantitative estimate of drug-likeness (QED) is 0.762. The van der Waals surface area contributed by atoms with Crippen LogP contribution in [0.15, 0.2) is 18.2 Å². The Labute approximate surface area is 128 Å². The number of aliphatic carboxylic acids is 1. The average molecular weight is 320 g/mol. The lowest BCUT2D eigenvalue weighted by atomic mass is 10.2. The van der Waals surface area contributed by atoms with Crippen molar-refractivity contribution in [3.05, 3.63) is 24.0 Å². The number of benzene rings is 1. The normalized spacial score (nSPS) is 10.8. The molecule has 3 rings (SSSR count). The van der Waals surface area contributed by atoms with Crippen molar-refractivity contribution in [2.45, 2.75) is 6.92 Å². The average Bonchev–Trinajstić information content (AvgIpc) is 3.07. The largest absolute Gasteiger partial charge is 0.493 e. The third-order valence-electron chi connectivity index (χ3n) is 2.91. The molecule has 0 bridgehead atoms. The lowest BCUT2D eigenvalue weighted by Crippen LogP contribution is -2.10. The summed E-state index contributed by atoms with van der Waals surface area (Å²) in [4.78, 5) is 11.3. The van der Waals surface area contributed by atoms with Gasteiger partial charge >= 0.3 is 5.97 Å². The fourth-order valence-corrected chi connectivity index (χ4v) is 2.77. The van der Waals surface area contributed by atoms with E-state index in [0.717, 1.165) is 10.6 Å². The number of aryl methyl sites for hydroxylation is 1. The maximum atomic E-state index is 10.6. The van der Waals surface area contributed by atoms with Crippen LogP contribution in [0.2, 0.25) is 0 Å². The summed E-state index contributed by atoms with van der Waals surface area (Å²) >= 11 is 1.40. The topological polar surface area (TPSA) is 98.8 Å². The molecule has 2 aromatic heterocycles. The van der Waals surface area contributed by atoms with E-state index >= 15 is 0 Å². The first kappa shape index (κ1) is 14.3. The lowest BCUT2D eigenvalue weighted by Gasteiger charge is -2.09. The summed E-state index contributed by atoms with van der Waals surface area (Å²) in [5.74, 6) is 0.482. The minimum Gasteiger partial charge on any atom is -0.493 e. The zero-order valence-electron chi connectivity index (χ0n) is 11.8. The van der Waals surface area contributed by atoms with Gasteiger partial charge in [0.15, 0.2) is 23.9 Å². The second kappa shape index (κ2) is 5.60. The monoisotopic (exact) mass is 320 g/mol. The molecule has 0 aliphatic heterocycles. The molecule has 114 valence electrons. The Kier molecular flexibility index (Phi) is 3.63. The van der Waals surface area contributed by atoms with Crippen LogP contribution in [0.4, 0.5) is 0 Å². The maximum Gasteiger partial charge on any atom is 0.341 e. The molecule has 22 heavy (non-hydrogen) atoms. The van der Waals surface area contributed by atoms with Gasteiger partial charge in [-0.1, -0.05) is 11.3 Å². The highest BCUT2D eigenvalue weighted by Crippen LogP contribution is 2.34.